The van der Waals surface area contributed by atoms with Crippen molar-refractivity contribution in [2.75, 3.05) is 7.11 Å². The van der Waals surface area contributed by atoms with Gasteiger partial charge in [0.05, 0.1) is 28.7 Å². The van der Waals surface area contributed by atoms with E-state index in [4.69, 9.17) is 16.3 Å². The first-order valence-electron chi connectivity index (χ1n) is 7.90. The highest BCUT2D eigenvalue weighted by Gasteiger charge is 2.25. The Morgan fingerprint density at radius 2 is 2.14 bits per heavy atom. The molecule has 0 radical (unpaired) electrons. The standard InChI is InChI=1S/C18H14ClN3O5S/c1-9-12(19)4-3-5-13(9)20-18-21-17(24)15(28-18)7-10-6-11(22(25)26)8-14(27-2)16(10)23/h3-8,23H,1-2H3,(H,20,21,24)/b15-7+. The highest BCUT2D eigenvalue weighted by atomic mass is 35.5. The molecule has 1 heterocycles. The third kappa shape index (κ3) is 3.95. The Morgan fingerprint density at radius 1 is 1.39 bits per heavy atom. The maximum absolute atomic E-state index is 12.3. The second-order valence-corrected chi connectivity index (χ2v) is 7.15. The molecule has 144 valence electrons. The minimum atomic E-state index is -0.610. The number of amidine groups is 1. The lowest BCUT2D eigenvalue weighted by Gasteiger charge is -2.06. The molecule has 0 bridgehead atoms. The van der Waals surface area contributed by atoms with Crippen molar-refractivity contribution in [3.8, 4) is 11.5 Å². The maximum Gasteiger partial charge on any atom is 0.274 e. The van der Waals surface area contributed by atoms with Crippen LogP contribution < -0.4 is 10.1 Å². The molecule has 0 atom stereocenters. The van der Waals surface area contributed by atoms with Crippen molar-refractivity contribution in [1.29, 1.82) is 0 Å². The van der Waals surface area contributed by atoms with Crippen molar-refractivity contribution in [3.05, 3.63) is 61.5 Å². The SMILES string of the molecule is COc1cc([N+](=O)[O-])cc(/C=C2/SC(=Nc3cccc(Cl)c3C)NC2=O)c1O. The molecule has 1 amide bonds. The van der Waals surface area contributed by atoms with E-state index in [-0.39, 0.29) is 27.7 Å². The molecule has 0 spiro atoms. The number of methoxy groups -OCH3 is 1. The Labute approximate surface area is 169 Å². The number of phenols is 1. The van der Waals surface area contributed by atoms with Gasteiger partial charge in [-0.1, -0.05) is 17.7 Å². The first-order chi connectivity index (χ1) is 13.3. The molecule has 8 nitrogen and oxygen atoms in total. The number of phenolic OH excluding ortho intramolecular Hbond substituents is 1. The van der Waals surface area contributed by atoms with Gasteiger partial charge < -0.3 is 15.2 Å². The number of aromatic hydroxyl groups is 1. The Morgan fingerprint density at radius 3 is 2.82 bits per heavy atom. The van der Waals surface area contributed by atoms with Gasteiger partial charge in [-0.25, -0.2) is 4.99 Å². The molecule has 1 aliphatic heterocycles. The molecule has 28 heavy (non-hydrogen) atoms. The summed E-state index contributed by atoms with van der Waals surface area (Å²) >= 11 is 7.13. The van der Waals surface area contributed by atoms with Crippen LogP contribution in [0.5, 0.6) is 11.5 Å². The van der Waals surface area contributed by atoms with Crippen molar-refractivity contribution in [1.82, 2.24) is 5.32 Å². The molecule has 1 aliphatic rings. The van der Waals surface area contributed by atoms with Gasteiger partial charge in [0.1, 0.15) is 0 Å². The lowest BCUT2D eigenvalue weighted by molar-refractivity contribution is -0.385. The number of aliphatic imine (C=N–C) groups is 1. The summed E-state index contributed by atoms with van der Waals surface area (Å²) in [6, 6.07) is 7.52. The number of halogens is 1. The summed E-state index contributed by atoms with van der Waals surface area (Å²) in [7, 11) is 1.28. The van der Waals surface area contributed by atoms with Crippen LogP contribution in [0.2, 0.25) is 5.02 Å². The number of rotatable bonds is 4. The topological polar surface area (TPSA) is 114 Å². The van der Waals surface area contributed by atoms with Crippen molar-refractivity contribution in [2.45, 2.75) is 6.92 Å². The van der Waals surface area contributed by atoms with Gasteiger partial charge >= 0.3 is 0 Å². The number of amides is 1. The van der Waals surface area contributed by atoms with E-state index >= 15 is 0 Å². The fourth-order valence-electron chi connectivity index (χ4n) is 2.43. The van der Waals surface area contributed by atoms with Crippen LogP contribution in [0.25, 0.3) is 6.08 Å². The van der Waals surface area contributed by atoms with E-state index in [1.165, 1.54) is 13.2 Å². The third-order valence-corrected chi connectivity index (χ3v) is 5.24. The minimum absolute atomic E-state index is 0.0621. The molecule has 0 saturated carbocycles. The van der Waals surface area contributed by atoms with Crippen LogP contribution in [-0.2, 0) is 4.79 Å². The van der Waals surface area contributed by atoms with Crippen LogP contribution in [0.15, 0.2) is 40.2 Å². The number of carbonyl (C=O) groups excluding carboxylic acids is 1. The number of nitrogens with one attached hydrogen (secondary N) is 1. The molecule has 10 heteroatoms. The molecule has 2 aromatic rings. The van der Waals surface area contributed by atoms with Crippen LogP contribution in [0.4, 0.5) is 11.4 Å². The number of hydrogen-bond acceptors (Lipinski definition) is 7. The van der Waals surface area contributed by atoms with Gasteiger partial charge in [-0.3, -0.25) is 14.9 Å². The quantitative estimate of drug-likeness (QED) is 0.437. The molecule has 0 aliphatic carbocycles. The predicted octanol–water partition coefficient (Wildman–Crippen LogP) is 4.16. The highest BCUT2D eigenvalue weighted by molar-refractivity contribution is 8.18. The Hall–Kier alpha value is -3.04. The number of hydrogen-bond donors (Lipinski definition) is 2. The lowest BCUT2D eigenvalue weighted by Crippen LogP contribution is -2.19. The number of carbonyl (C=O) groups is 1. The molecule has 0 aromatic heterocycles. The number of benzene rings is 2. The molecule has 1 fully saturated rings. The summed E-state index contributed by atoms with van der Waals surface area (Å²) in [6.45, 7) is 1.81. The monoisotopic (exact) mass is 419 g/mol. The Bertz CT molecular complexity index is 1050. The molecule has 2 N–H and O–H groups in total. The molecular formula is C18H14ClN3O5S. The maximum atomic E-state index is 12.3. The van der Waals surface area contributed by atoms with Gasteiger partial charge in [0, 0.05) is 16.7 Å². The van der Waals surface area contributed by atoms with Crippen molar-refractivity contribution >= 4 is 51.9 Å². The number of nitrogens with zero attached hydrogens (tertiary/aromatic N) is 2. The molecule has 2 aromatic carbocycles. The van der Waals surface area contributed by atoms with E-state index in [1.54, 1.807) is 18.2 Å². The number of non-ortho nitro benzene ring substituents is 1. The third-order valence-electron chi connectivity index (χ3n) is 3.92. The summed E-state index contributed by atoms with van der Waals surface area (Å²) in [5, 5.41) is 24.8. The van der Waals surface area contributed by atoms with Crippen molar-refractivity contribution in [3.63, 3.8) is 0 Å². The van der Waals surface area contributed by atoms with Crippen LogP contribution >= 0.6 is 23.4 Å². The van der Waals surface area contributed by atoms with E-state index in [9.17, 15) is 20.0 Å². The predicted molar refractivity (Wildman–Crippen MR) is 108 cm³/mol. The number of nitro groups is 1. The van der Waals surface area contributed by atoms with Gasteiger partial charge in [0.15, 0.2) is 16.7 Å². The zero-order valence-electron chi connectivity index (χ0n) is 14.7. The van der Waals surface area contributed by atoms with Crippen LogP contribution in [0, 0.1) is 17.0 Å². The fourth-order valence-corrected chi connectivity index (χ4v) is 3.43. The first-order valence-corrected chi connectivity index (χ1v) is 9.09. The zero-order chi connectivity index (χ0) is 20.4. The van der Waals surface area contributed by atoms with Crippen molar-refractivity contribution < 1.29 is 19.6 Å². The summed E-state index contributed by atoms with van der Waals surface area (Å²) in [4.78, 5) is 27.3. The van der Waals surface area contributed by atoms with Crippen LogP contribution in [-0.4, -0.2) is 28.2 Å². The number of nitro benzene ring substituents is 1. The fraction of sp³-hybridized carbons (Fsp3) is 0.111. The average Bonchev–Trinajstić information content (AvgIpc) is 2.99. The van der Waals surface area contributed by atoms with Gasteiger partial charge in [-0.05, 0) is 42.5 Å². The van der Waals surface area contributed by atoms with E-state index < -0.39 is 10.8 Å². The average molecular weight is 420 g/mol. The number of thioether (sulfide) groups is 1. The zero-order valence-corrected chi connectivity index (χ0v) is 16.3. The minimum Gasteiger partial charge on any atom is -0.504 e. The second kappa shape index (κ2) is 7.91. The van der Waals surface area contributed by atoms with Gasteiger partial charge in [-0.2, -0.15) is 0 Å². The highest BCUT2D eigenvalue weighted by Crippen LogP contribution is 2.38. The number of ether oxygens (including phenoxy) is 1. The molecule has 0 unspecified atom stereocenters. The van der Waals surface area contributed by atoms with E-state index in [1.807, 2.05) is 6.92 Å². The summed E-state index contributed by atoms with van der Waals surface area (Å²) in [5.41, 5.74) is 1.19. The summed E-state index contributed by atoms with van der Waals surface area (Å²) in [6.07, 6.45) is 1.35. The van der Waals surface area contributed by atoms with E-state index in [2.05, 4.69) is 10.3 Å². The van der Waals surface area contributed by atoms with Gasteiger partial charge in [0.25, 0.3) is 11.6 Å². The van der Waals surface area contributed by atoms with Gasteiger partial charge in [0.2, 0.25) is 0 Å². The Kier molecular flexibility index (Phi) is 5.57. The van der Waals surface area contributed by atoms with Gasteiger partial charge in [-0.15, -0.1) is 0 Å². The van der Waals surface area contributed by atoms with Crippen LogP contribution in [0.1, 0.15) is 11.1 Å². The van der Waals surface area contributed by atoms with Crippen molar-refractivity contribution in [2.24, 2.45) is 4.99 Å². The summed E-state index contributed by atoms with van der Waals surface area (Å²) in [5.74, 6) is -0.800. The second-order valence-electron chi connectivity index (χ2n) is 5.71. The van der Waals surface area contributed by atoms with Crippen LogP contribution in [0.3, 0.4) is 0 Å². The van der Waals surface area contributed by atoms with E-state index in [0.717, 1.165) is 29.5 Å². The first kappa shape index (κ1) is 19.7. The largest absolute Gasteiger partial charge is 0.504 e. The Balaban J connectivity index is 1.97. The molecular weight excluding hydrogens is 406 g/mol. The summed E-state index contributed by atoms with van der Waals surface area (Å²) < 4.78 is 4.96. The molecule has 1 saturated heterocycles. The smallest absolute Gasteiger partial charge is 0.274 e. The van der Waals surface area contributed by atoms with E-state index in [0.29, 0.717) is 15.9 Å². The molecule has 3 rings (SSSR count). The normalized spacial score (nSPS) is 16.5. The lowest BCUT2D eigenvalue weighted by atomic mass is 10.1.